The van der Waals surface area contributed by atoms with Gasteiger partial charge in [0.2, 0.25) is 0 Å². The van der Waals surface area contributed by atoms with E-state index in [0.29, 0.717) is 0 Å². The predicted molar refractivity (Wildman–Crippen MR) is 186 cm³/mol. The zero-order valence-corrected chi connectivity index (χ0v) is 25.0. The molecule has 0 aromatic heterocycles. The molecule has 3 atom stereocenters. The van der Waals surface area contributed by atoms with E-state index in [1.165, 1.54) is 76.0 Å². The fourth-order valence-corrected chi connectivity index (χ4v) is 7.77. The molecule has 0 heterocycles. The monoisotopic (exact) mass is 567 g/mol. The first kappa shape index (κ1) is 26.7. The third-order valence-electron chi connectivity index (χ3n) is 10.00. The maximum atomic E-state index is 2.43. The smallest absolute Gasteiger partial charge is 0.0540 e. The van der Waals surface area contributed by atoms with Crippen molar-refractivity contribution in [3.63, 3.8) is 0 Å². The molecule has 1 nitrogen and oxygen atoms in total. The molecule has 0 amide bonds. The molecule has 3 unspecified atom stereocenters. The van der Waals surface area contributed by atoms with E-state index in [9.17, 15) is 0 Å². The largest absolute Gasteiger partial charge is 0.310 e. The van der Waals surface area contributed by atoms with Crippen molar-refractivity contribution < 1.29 is 0 Å². The molecule has 0 N–H and O–H groups in total. The Hall–Kier alpha value is -4.88. The number of nitrogens with zero attached hydrogens (tertiary/aromatic N) is 1. The van der Waals surface area contributed by atoms with Gasteiger partial charge in [0, 0.05) is 16.9 Å². The van der Waals surface area contributed by atoms with Gasteiger partial charge in [0.1, 0.15) is 0 Å². The van der Waals surface area contributed by atoms with E-state index in [1.54, 1.807) is 0 Å². The fourth-order valence-electron chi connectivity index (χ4n) is 7.77. The molecular weight excluding hydrogens is 530 g/mol. The van der Waals surface area contributed by atoms with Gasteiger partial charge in [-0.1, -0.05) is 134 Å². The summed E-state index contributed by atoms with van der Waals surface area (Å²) in [6.45, 7) is 0. The molecule has 0 aliphatic heterocycles. The second-order valence-corrected chi connectivity index (χ2v) is 12.6. The third-order valence-corrected chi connectivity index (χ3v) is 10.00. The molecule has 2 fully saturated rings. The first-order chi connectivity index (χ1) is 21.8. The van der Waals surface area contributed by atoms with E-state index in [0.717, 1.165) is 23.4 Å². The predicted octanol–water partition coefficient (Wildman–Crippen LogP) is 12.1. The quantitative estimate of drug-likeness (QED) is 0.185. The van der Waals surface area contributed by atoms with E-state index >= 15 is 0 Å². The van der Waals surface area contributed by atoms with Crippen LogP contribution < -0.4 is 4.90 Å². The van der Waals surface area contributed by atoms with Crippen LogP contribution in [0, 0.1) is 11.8 Å². The minimum absolute atomic E-state index is 0.736. The van der Waals surface area contributed by atoms with Crippen LogP contribution in [-0.4, -0.2) is 0 Å². The molecule has 0 spiro atoms. The lowest BCUT2D eigenvalue weighted by molar-refractivity contribution is 0.420. The number of hydrogen-bond donors (Lipinski definition) is 0. The Bertz CT molecular complexity index is 1840. The second-order valence-electron chi connectivity index (χ2n) is 12.6. The van der Waals surface area contributed by atoms with Gasteiger partial charge in [-0.2, -0.15) is 0 Å². The minimum atomic E-state index is 0.736. The lowest BCUT2D eigenvalue weighted by Crippen LogP contribution is -2.12. The van der Waals surface area contributed by atoms with Gasteiger partial charge >= 0.3 is 0 Å². The Labute approximate surface area is 261 Å². The highest BCUT2D eigenvalue weighted by atomic mass is 15.1. The van der Waals surface area contributed by atoms with Crippen LogP contribution >= 0.6 is 0 Å². The molecule has 2 bridgehead atoms. The van der Waals surface area contributed by atoms with Gasteiger partial charge in [-0.25, -0.2) is 0 Å². The third kappa shape index (κ3) is 5.13. The summed E-state index contributed by atoms with van der Waals surface area (Å²) in [4.78, 5) is 2.43. The van der Waals surface area contributed by atoms with Gasteiger partial charge in [-0.05, 0) is 101 Å². The molecule has 214 valence electrons. The number of para-hydroxylation sites is 1. The molecule has 2 aliphatic rings. The molecule has 2 aliphatic carbocycles. The van der Waals surface area contributed by atoms with Gasteiger partial charge in [-0.3, -0.25) is 0 Å². The lowest BCUT2D eigenvalue weighted by atomic mass is 9.83. The highest BCUT2D eigenvalue weighted by Gasteiger charge is 2.40. The Kier molecular flexibility index (Phi) is 7.08. The summed E-state index contributed by atoms with van der Waals surface area (Å²) in [5, 5.41) is 0. The van der Waals surface area contributed by atoms with Crippen molar-refractivity contribution >= 4 is 17.1 Å². The topological polar surface area (TPSA) is 3.24 Å². The maximum Gasteiger partial charge on any atom is 0.0540 e. The Morgan fingerprint density at radius 2 is 0.909 bits per heavy atom. The number of hydrogen-bond acceptors (Lipinski definition) is 1. The first-order valence-electron chi connectivity index (χ1n) is 16.1. The second kappa shape index (κ2) is 11.7. The van der Waals surface area contributed by atoms with E-state index in [-0.39, 0.29) is 0 Å². The Balaban J connectivity index is 1.15. The van der Waals surface area contributed by atoms with Crippen molar-refractivity contribution in [2.24, 2.45) is 11.8 Å². The van der Waals surface area contributed by atoms with Crippen LogP contribution in [0.25, 0.3) is 33.4 Å². The number of rotatable bonds is 7. The highest BCUT2D eigenvalue weighted by Crippen LogP contribution is 2.53. The minimum Gasteiger partial charge on any atom is -0.310 e. The number of fused-ring (bicyclic) bond motifs is 2. The van der Waals surface area contributed by atoms with Crippen LogP contribution in [0.15, 0.2) is 158 Å². The molecule has 1 heteroatoms. The van der Waals surface area contributed by atoms with Crippen LogP contribution in [-0.2, 0) is 0 Å². The van der Waals surface area contributed by atoms with E-state index < -0.39 is 0 Å². The maximum absolute atomic E-state index is 2.43. The Morgan fingerprint density at radius 3 is 1.48 bits per heavy atom. The van der Waals surface area contributed by atoms with Crippen LogP contribution in [0.3, 0.4) is 0 Å². The molecule has 0 saturated heterocycles. The molecule has 6 aromatic rings. The summed E-state index contributed by atoms with van der Waals surface area (Å²) in [6, 6.07) is 57.6. The van der Waals surface area contributed by atoms with Gasteiger partial charge in [0.15, 0.2) is 0 Å². The van der Waals surface area contributed by atoms with Gasteiger partial charge < -0.3 is 4.90 Å². The lowest BCUT2D eigenvalue weighted by Gasteiger charge is -2.29. The number of anilines is 3. The standard InChI is InChI=1S/C43H37N/c1-3-9-32(10-4-1)33-17-19-34(20-18-33)35-21-25-39(26-22-35)44(43-14-8-7-13-41(43)36-11-5-2-6-12-36)40-27-23-37(24-28-40)42-30-31-15-16-38(42)29-31/h1-14,17-28,31,38,42H,15-16,29-30H2. The van der Waals surface area contributed by atoms with Crippen molar-refractivity contribution in [3.8, 4) is 33.4 Å². The van der Waals surface area contributed by atoms with E-state index in [4.69, 9.17) is 0 Å². The first-order valence-corrected chi connectivity index (χ1v) is 16.1. The summed E-state index contributed by atoms with van der Waals surface area (Å²) in [5.74, 6) is 2.57. The Morgan fingerprint density at radius 1 is 0.409 bits per heavy atom. The van der Waals surface area contributed by atoms with Crippen LogP contribution in [0.1, 0.15) is 37.2 Å². The van der Waals surface area contributed by atoms with Crippen molar-refractivity contribution in [3.05, 3.63) is 163 Å². The van der Waals surface area contributed by atoms with Crippen LogP contribution in [0.2, 0.25) is 0 Å². The number of benzene rings is 6. The molecule has 8 rings (SSSR count). The van der Waals surface area contributed by atoms with E-state index in [1.807, 2.05) is 0 Å². The van der Waals surface area contributed by atoms with Crippen molar-refractivity contribution in [2.75, 3.05) is 4.90 Å². The van der Waals surface area contributed by atoms with E-state index in [2.05, 4.69) is 163 Å². The highest BCUT2D eigenvalue weighted by molar-refractivity contribution is 5.88. The average molecular weight is 568 g/mol. The summed E-state index contributed by atoms with van der Waals surface area (Å²) in [6.07, 6.45) is 5.66. The SMILES string of the molecule is c1ccc(-c2ccc(-c3ccc(N(c4ccc(C5CC6CCC5C6)cc4)c4ccccc4-c4ccccc4)cc3)cc2)cc1. The zero-order chi connectivity index (χ0) is 29.3. The van der Waals surface area contributed by atoms with Crippen molar-refractivity contribution in [1.82, 2.24) is 0 Å². The summed E-state index contributed by atoms with van der Waals surface area (Å²) in [5.41, 5.74) is 12.4. The molecule has 44 heavy (non-hydrogen) atoms. The normalized spacial score (nSPS) is 18.8. The molecular formula is C43H37N. The van der Waals surface area contributed by atoms with Crippen LogP contribution in [0.5, 0.6) is 0 Å². The van der Waals surface area contributed by atoms with Gasteiger partial charge in [-0.15, -0.1) is 0 Å². The molecule has 2 saturated carbocycles. The fraction of sp³-hybridized carbons (Fsp3) is 0.163. The van der Waals surface area contributed by atoms with Crippen LogP contribution in [0.4, 0.5) is 17.1 Å². The zero-order valence-electron chi connectivity index (χ0n) is 25.0. The van der Waals surface area contributed by atoms with Crippen molar-refractivity contribution in [2.45, 2.75) is 31.6 Å². The van der Waals surface area contributed by atoms with Gasteiger partial charge in [0.25, 0.3) is 0 Å². The average Bonchev–Trinajstić information content (AvgIpc) is 3.75. The summed E-state index contributed by atoms with van der Waals surface area (Å²) >= 11 is 0. The summed E-state index contributed by atoms with van der Waals surface area (Å²) < 4.78 is 0. The van der Waals surface area contributed by atoms with Crippen molar-refractivity contribution in [1.29, 1.82) is 0 Å². The molecule has 6 aromatic carbocycles. The summed E-state index contributed by atoms with van der Waals surface area (Å²) in [7, 11) is 0. The van der Waals surface area contributed by atoms with Gasteiger partial charge in [0.05, 0.1) is 5.69 Å². The molecule has 0 radical (unpaired) electrons.